The van der Waals surface area contributed by atoms with Crippen molar-refractivity contribution in [3.05, 3.63) is 65.7 Å². The van der Waals surface area contributed by atoms with E-state index in [2.05, 4.69) is 19.2 Å². The largest absolute Gasteiger partial charge is 0.335 e. The molecule has 7 nitrogen and oxygen atoms in total. The SMILES string of the molecule is CC[C@@H](C)c1ccccc1NC(=O)CN1C(=O)C(=O)N(Cc2ccccc2)C1=O. The number of hydrogen-bond donors (Lipinski definition) is 1. The Morgan fingerprint density at radius 3 is 2.24 bits per heavy atom. The van der Waals surface area contributed by atoms with Gasteiger partial charge in [0, 0.05) is 5.69 Å². The van der Waals surface area contributed by atoms with Gasteiger partial charge in [-0.2, -0.15) is 0 Å². The van der Waals surface area contributed by atoms with Gasteiger partial charge in [-0.15, -0.1) is 0 Å². The van der Waals surface area contributed by atoms with Gasteiger partial charge in [-0.05, 0) is 29.5 Å². The molecule has 5 amide bonds. The highest BCUT2D eigenvalue weighted by atomic mass is 16.2. The Morgan fingerprint density at radius 1 is 0.931 bits per heavy atom. The topological polar surface area (TPSA) is 86.8 Å². The lowest BCUT2D eigenvalue weighted by atomic mass is 9.97. The van der Waals surface area contributed by atoms with Crippen LogP contribution in [0.2, 0.25) is 0 Å². The van der Waals surface area contributed by atoms with Crippen molar-refractivity contribution in [3.63, 3.8) is 0 Å². The number of anilines is 1. The smallest absolute Gasteiger partial charge is 0.324 e. The highest BCUT2D eigenvalue weighted by molar-refractivity contribution is 6.45. The van der Waals surface area contributed by atoms with E-state index < -0.39 is 30.3 Å². The number of carbonyl (C=O) groups excluding carboxylic acids is 4. The second-order valence-electron chi connectivity index (χ2n) is 7.00. The van der Waals surface area contributed by atoms with E-state index in [1.54, 1.807) is 36.4 Å². The lowest BCUT2D eigenvalue weighted by molar-refractivity contribution is -0.143. The van der Waals surface area contributed by atoms with Gasteiger partial charge in [0.2, 0.25) is 5.91 Å². The van der Waals surface area contributed by atoms with Crippen LogP contribution in [0.25, 0.3) is 0 Å². The molecule has 0 aromatic heterocycles. The average molecular weight is 393 g/mol. The Hall–Kier alpha value is -3.48. The van der Waals surface area contributed by atoms with E-state index in [1.807, 2.05) is 18.2 Å². The van der Waals surface area contributed by atoms with E-state index in [0.717, 1.165) is 22.4 Å². The molecule has 7 heteroatoms. The first-order valence-electron chi connectivity index (χ1n) is 9.52. The summed E-state index contributed by atoms with van der Waals surface area (Å²) in [6, 6.07) is 15.5. The van der Waals surface area contributed by atoms with E-state index >= 15 is 0 Å². The van der Waals surface area contributed by atoms with Crippen molar-refractivity contribution >= 4 is 29.4 Å². The summed E-state index contributed by atoms with van der Waals surface area (Å²) < 4.78 is 0. The number of nitrogens with one attached hydrogen (secondary N) is 1. The maximum absolute atomic E-state index is 12.6. The fourth-order valence-electron chi connectivity index (χ4n) is 3.19. The molecule has 1 heterocycles. The first kappa shape index (κ1) is 20.3. The predicted molar refractivity (Wildman–Crippen MR) is 108 cm³/mol. The Kier molecular flexibility index (Phi) is 6.07. The molecule has 2 aromatic carbocycles. The third-order valence-electron chi connectivity index (χ3n) is 5.00. The first-order chi connectivity index (χ1) is 13.9. The summed E-state index contributed by atoms with van der Waals surface area (Å²) in [6.45, 7) is 3.58. The number of nitrogens with zero attached hydrogens (tertiary/aromatic N) is 2. The van der Waals surface area contributed by atoms with Gasteiger partial charge in [0.25, 0.3) is 0 Å². The molecule has 150 valence electrons. The number of benzene rings is 2. The minimum absolute atomic E-state index is 0.0147. The normalized spacial score (nSPS) is 15.0. The van der Waals surface area contributed by atoms with Crippen molar-refractivity contribution in [3.8, 4) is 0 Å². The molecular formula is C22H23N3O4. The predicted octanol–water partition coefficient (Wildman–Crippen LogP) is 3.13. The van der Waals surface area contributed by atoms with Crippen molar-refractivity contribution in [2.45, 2.75) is 32.7 Å². The number of carbonyl (C=O) groups is 4. The van der Waals surface area contributed by atoms with Crippen LogP contribution in [0.15, 0.2) is 54.6 Å². The summed E-state index contributed by atoms with van der Waals surface area (Å²) in [6.07, 6.45) is 0.902. The Bertz CT molecular complexity index is 942. The maximum Gasteiger partial charge on any atom is 0.335 e. The standard InChI is InChI=1S/C22H23N3O4/c1-3-15(2)17-11-7-8-12-18(17)23-19(26)14-25-21(28)20(27)24(22(25)29)13-16-9-5-4-6-10-16/h4-12,15H,3,13-14H2,1-2H3,(H,23,26)/t15-/m1/s1. The van der Waals surface area contributed by atoms with Gasteiger partial charge in [0.1, 0.15) is 6.54 Å². The summed E-state index contributed by atoms with van der Waals surface area (Å²) in [7, 11) is 0. The van der Waals surface area contributed by atoms with Crippen LogP contribution in [0.1, 0.15) is 37.3 Å². The van der Waals surface area contributed by atoms with Gasteiger partial charge in [0.05, 0.1) is 6.54 Å². The number of urea groups is 1. The zero-order chi connectivity index (χ0) is 21.0. The molecule has 3 rings (SSSR count). The maximum atomic E-state index is 12.6. The van der Waals surface area contributed by atoms with Gasteiger partial charge >= 0.3 is 17.8 Å². The van der Waals surface area contributed by atoms with E-state index in [1.165, 1.54) is 0 Å². The highest BCUT2D eigenvalue weighted by Crippen LogP contribution is 2.26. The van der Waals surface area contributed by atoms with E-state index in [0.29, 0.717) is 10.6 Å². The fourth-order valence-corrected chi connectivity index (χ4v) is 3.19. The molecule has 0 saturated carbocycles. The van der Waals surface area contributed by atoms with Gasteiger partial charge in [-0.1, -0.05) is 62.4 Å². The molecular weight excluding hydrogens is 370 g/mol. The lowest BCUT2D eigenvalue weighted by Crippen LogP contribution is -2.39. The molecule has 1 fully saturated rings. The molecule has 0 radical (unpaired) electrons. The number of imide groups is 2. The van der Waals surface area contributed by atoms with Crippen LogP contribution in [0.5, 0.6) is 0 Å². The molecule has 1 aliphatic heterocycles. The summed E-state index contributed by atoms with van der Waals surface area (Å²) in [4.78, 5) is 51.1. The van der Waals surface area contributed by atoms with Gasteiger partial charge in [0.15, 0.2) is 0 Å². The zero-order valence-corrected chi connectivity index (χ0v) is 16.4. The van der Waals surface area contributed by atoms with Crippen molar-refractivity contribution in [1.82, 2.24) is 9.80 Å². The van der Waals surface area contributed by atoms with Crippen LogP contribution in [0, 0.1) is 0 Å². The molecule has 1 aliphatic rings. The summed E-state index contributed by atoms with van der Waals surface area (Å²) in [5.41, 5.74) is 2.33. The number of hydrogen-bond acceptors (Lipinski definition) is 4. The van der Waals surface area contributed by atoms with E-state index in [4.69, 9.17) is 0 Å². The van der Waals surface area contributed by atoms with Crippen LogP contribution in [-0.4, -0.2) is 40.1 Å². The second-order valence-corrected chi connectivity index (χ2v) is 7.00. The van der Waals surface area contributed by atoms with Crippen LogP contribution in [-0.2, 0) is 20.9 Å². The van der Waals surface area contributed by atoms with Gasteiger partial charge in [-0.3, -0.25) is 19.3 Å². The minimum atomic E-state index is -0.990. The van der Waals surface area contributed by atoms with Crippen molar-refractivity contribution in [2.24, 2.45) is 0 Å². The van der Waals surface area contributed by atoms with Crippen LogP contribution in [0.3, 0.4) is 0 Å². The van der Waals surface area contributed by atoms with Gasteiger partial charge < -0.3 is 5.32 Å². The van der Waals surface area contributed by atoms with E-state index in [-0.39, 0.29) is 12.5 Å². The van der Waals surface area contributed by atoms with E-state index in [9.17, 15) is 19.2 Å². The Morgan fingerprint density at radius 2 is 1.55 bits per heavy atom. The molecule has 0 bridgehead atoms. The van der Waals surface area contributed by atoms with Crippen molar-refractivity contribution < 1.29 is 19.2 Å². The second kappa shape index (κ2) is 8.68. The third kappa shape index (κ3) is 4.34. The molecule has 1 saturated heterocycles. The van der Waals surface area contributed by atoms with Crippen LogP contribution < -0.4 is 5.32 Å². The average Bonchev–Trinajstić information content (AvgIpc) is 2.92. The van der Waals surface area contributed by atoms with Crippen molar-refractivity contribution in [1.29, 1.82) is 0 Å². The molecule has 0 unspecified atom stereocenters. The summed E-state index contributed by atoms with van der Waals surface area (Å²) in [5.74, 6) is -2.20. The monoisotopic (exact) mass is 393 g/mol. The minimum Gasteiger partial charge on any atom is -0.324 e. The summed E-state index contributed by atoms with van der Waals surface area (Å²) >= 11 is 0. The van der Waals surface area contributed by atoms with Crippen LogP contribution >= 0.6 is 0 Å². The Labute approximate surface area is 169 Å². The Balaban J connectivity index is 1.70. The molecule has 1 atom stereocenters. The summed E-state index contributed by atoms with van der Waals surface area (Å²) in [5, 5.41) is 2.76. The number of rotatable bonds is 7. The molecule has 0 spiro atoms. The molecule has 1 N–H and O–H groups in total. The first-order valence-corrected chi connectivity index (χ1v) is 9.52. The fraction of sp³-hybridized carbons (Fsp3) is 0.273. The lowest BCUT2D eigenvalue weighted by Gasteiger charge is -2.18. The number of para-hydroxylation sites is 1. The van der Waals surface area contributed by atoms with Crippen molar-refractivity contribution in [2.75, 3.05) is 11.9 Å². The van der Waals surface area contributed by atoms with Gasteiger partial charge in [-0.25, -0.2) is 9.69 Å². The third-order valence-corrected chi connectivity index (χ3v) is 5.00. The highest BCUT2D eigenvalue weighted by Gasteiger charge is 2.45. The quantitative estimate of drug-likeness (QED) is 0.578. The number of amides is 5. The molecule has 29 heavy (non-hydrogen) atoms. The molecule has 2 aromatic rings. The molecule has 0 aliphatic carbocycles. The van der Waals surface area contributed by atoms with Crippen LogP contribution in [0.4, 0.5) is 10.5 Å². The zero-order valence-electron chi connectivity index (χ0n) is 16.4.